The number of aromatic nitrogens is 2. The summed E-state index contributed by atoms with van der Waals surface area (Å²) in [5, 5.41) is 0. The molecule has 2 rings (SSSR count). The molecule has 1 aliphatic rings. The molecule has 1 fully saturated rings. The first-order valence-corrected chi connectivity index (χ1v) is 7.27. The first kappa shape index (κ1) is 15.1. The highest BCUT2D eigenvalue weighted by Crippen LogP contribution is 2.43. The topological polar surface area (TPSA) is 163 Å². The van der Waals surface area contributed by atoms with E-state index in [0.29, 0.717) is 0 Å². The van der Waals surface area contributed by atoms with E-state index in [9.17, 15) is 9.36 Å². The molecule has 0 spiro atoms. The van der Waals surface area contributed by atoms with Crippen molar-refractivity contribution in [2.75, 3.05) is 12.3 Å². The van der Waals surface area contributed by atoms with Crippen molar-refractivity contribution in [3.63, 3.8) is 0 Å². The number of hydrogen-bond donors (Lipinski definition) is 4. The Bertz CT molecular complexity index is 586. The highest BCUT2D eigenvalue weighted by Gasteiger charge is 2.40. The van der Waals surface area contributed by atoms with Crippen LogP contribution >= 0.6 is 7.82 Å². The number of anilines is 1. The van der Waals surface area contributed by atoms with Gasteiger partial charge in [0, 0.05) is 19.2 Å². The fraction of sp³-hybridized carbons (Fsp3) is 0.556. The second kappa shape index (κ2) is 5.60. The number of hydrogen-bond acceptors (Lipinski definition) is 7. The summed E-state index contributed by atoms with van der Waals surface area (Å²) in [6.45, 7) is -0.00167. The molecule has 0 amide bonds. The number of nitrogens with zero attached hydrogens (tertiary/aromatic N) is 2. The monoisotopic (exact) mass is 306 g/mol. The van der Waals surface area contributed by atoms with E-state index >= 15 is 0 Å². The molecule has 1 aromatic rings. The Kier molecular flexibility index (Phi) is 4.23. The van der Waals surface area contributed by atoms with Gasteiger partial charge >= 0.3 is 13.5 Å². The lowest BCUT2D eigenvalue weighted by Gasteiger charge is -2.17. The van der Waals surface area contributed by atoms with Crippen LogP contribution in [0.5, 0.6) is 0 Å². The highest BCUT2D eigenvalue weighted by molar-refractivity contribution is 7.46. The van der Waals surface area contributed by atoms with E-state index in [1.54, 1.807) is 0 Å². The summed E-state index contributed by atoms with van der Waals surface area (Å²) in [5.74, 6) is 0.0719. The molecule has 2 heterocycles. The quantitative estimate of drug-likeness (QED) is 0.487. The van der Waals surface area contributed by atoms with Crippen LogP contribution in [0, 0.1) is 0 Å². The molecule has 0 saturated carbocycles. The third-order valence-electron chi connectivity index (χ3n) is 2.85. The summed E-state index contributed by atoms with van der Waals surface area (Å²) >= 11 is 0. The predicted molar refractivity (Wildman–Crippen MR) is 67.4 cm³/mol. The fourth-order valence-corrected chi connectivity index (χ4v) is 2.59. The summed E-state index contributed by atoms with van der Waals surface area (Å²) in [6.07, 6.45) is -0.936. The summed E-state index contributed by atoms with van der Waals surface area (Å²) in [4.78, 5) is 32.9. The van der Waals surface area contributed by atoms with E-state index < -0.39 is 31.9 Å². The van der Waals surface area contributed by atoms with Crippen LogP contribution in [-0.2, 0) is 13.8 Å². The Morgan fingerprint density at radius 2 is 2.30 bits per heavy atom. The molecule has 0 aliphatic carbocycles. The van der Waals surface area contributed by atoms with Gasteiger partial charge in [-0.25, -0.2) is 9.36 Å². The molecule has 0 aromatic carbocycles. The van der Waals surface area contributed by atoms with Crippen molar-refractivity contribution in [2.24, 2.45) is 5.73 Å². The number of nitrogens with two attached hydrogens (primary N) is 2. The van der Waals surface area contributed by atoms with E-state index in [2.05, 4.69) is 9.51 Å². The largest absolute Gasteiger partial charge is 0.469 e. The lowest BCUT2D eigenvalue weighted by Crippen LogP contribution is -2.31. The second-order valence-electron chi connectivity index (χ2n) is 4.28. The standard InChI is InChI=1S/C9H15N4O6P/c10-4-6-5(19-20(15,16)17)3-8(18-6)13-2-1-7(11)12-9(13)14/h1-2,5-6,8H,3-4,10H2,(H2,11,12,14)(H2,15,16,17)/t5?,6-,8-/m1/s1. The average molecular weight is 306 g/mol. The molecule has 112 valence electrons. The fourth-order valence-electron chi connectivity index (χ4n) is 2.01. The minimum absolute atomic E-state index is 0.00167. The molecule has 0 radical (unpaired) electrons. The molecule has 6 N–H and O–H groups in total. The van der Waals surface area contributed by atoms with Crippen molar-refractivity contribution in [1.29, 1.82) is 0 Å². The zero-order valence-electron chi connectivity index (χ0n) is 10.3. The number of phosphoric acid groups is 1. The van der Waals surface area contributed by atoms with Gasteiger partial charge in [-0.15, -0.1) is 0 Å². The van der Waals surface area contributed by atoms with Crippen molar-refractivity contribution in [3.05, 3.63) is 22.7 Å². The Hall–Kier alpha value is -1.29. The lowest BCUT2D eigenvalue weighted by atomic mass is 10.2. The van der Waals surface area contributed by atoms with Gasteiger partial charge in [0.2, 0.25) is 0 Å². The van der Waals surface area contributed by atoms with E-state index in [1.165, 1.54) is 16.8 Å². The highest BCUT2D eigenvalue weighted by atomic mass is 31.2. The summed E-state index contributed by atoms with van der Waals surface area (Å²) < 4.78 is 22.1. The molecule has 1 saturated heterocycles. The van der Waals surface area contributed by atoms with Crippen molar-refractivity contribution < 1.29 is 23.6 Å². The van der Waals surface area contributed by atoms with Crippen molar-refractivity contribution in [2.45, 2.75) is 24.9 Å². The smallest absolute Gasteiger partial charge is 0.383 e. The molecule has 10 nitrogen and oxygen atoms in total. The third kappa shape index (κ3) is 3.42. The van der Waals surface area contributed by atoms with E-state index in [-0.39, 0.29) is 18.8 Å². The van der Waals surface area contributed by atoms with E-state index in [1.807, 2.05) is 0 Å². The van der Waals surface area contributed by atoms with Gasteiger partial charge in [-0.2, -0.15) is 4.98 Å². The number of nitrogen functional groups attached to an aromatic ring is 1. The number of phosphoric ester groups is 1. The van der Waals surface area contributed by atoms with Crippen LogP contribution in [0.3, 0.4) is 0 Å². The summed E-state index contributed by atoms with van der Waals surface area (Å²) in [7, 11) is -4.66. The summed E-state index contributed by atoms with van der Waals surface area (Å²) in [5.41, 5.74) is 10.2. The Balaban J connectivity index is 2.20. The number of rotatable bonds is 4. The van der Waals surface area contributed by atoms with Crippen LogP contribution in [0.1, 0.15) is 12.6 Å². The Labute approximate surface area is 113 Å². The van der Waals surface area contributed by atoms with E-state index in [4.69, 9.17) is 26.0 Å². The molecule has 11 heteroatoms. The van der Waals surface area contributed by atoms with Crippen molar-refractivity contribution in [1.82, 2.24) is 9.55 Å². The van der Waals surface area contributed by atoms with Crippen LogP contribution in [0.2, 0.25) is 0 Å². The van der Waals surface area contributed by atoms with Crippen LogP contribution in [-0.4, -0.2) is 38.1 Å². The average Bonchev–Trinajstić information content (AvgIpc) is 2.69. The maximum absolute atomic E-state index is 11.7. The minimum Gasteiger partial charge on any atom is -0.383 e. The van der Waals surface area contributed by atoms with Gasteiger partial charge in [0.1, 0.15) is 18.1 Å². The van der Waals surface area contributed by atoms with Crippen LogP contribution in [0.25, 0.3) is 0 Å². The molecular formula is C9H15N4O6P. The molecule has 1 aromatic heterocycles. The first-order chi connectivity index (χ1) is 9.30. The normalized spacial score (nSPS) is 26.9. The van der Waals surface area contributed by atoms with Gasteiger partial charge in [0.25, 0.3) is 0 Å². The molecule has 0 bridgehead atoms. The molecule has 20 heavy (non-hydrogen) atoms. The van der Waals surface area contributed by atoms with Gasteiger partial charge in [-0.1, -0.05) is 0 Å². The van der Waals surface area contributed by atoms with Gasteiger partial charge in [0.05, 0.1) is 6.10 Å². The number of ether oxygens (including phenoxy) is 1. The molecule has 1 unspecified atom stereocenters. The van der Waals surface area contributed by atoms with Gasteiger partial charge in [0.15, 0.2) is 0 Å². The third-order valence-corrected chi connectivity index (χ3v) is 3.39. The first-order valence-electron chi connectivity index (χ1n) is 5.74. The second-order valence-corrected chi connectivity index (χ2v) is 5.47. The molecule has 1 aliphatic heterocycles. The van der Waals surface area contributed by atoms with Crippen molar-refractivity contribution >= 4 is 13.6 Å². The predicted octanol–water partition coefficient (Wildman–Crippen LogP) is -1.45. The SMILES string of the molecule is NC[C@H]1O[C@@H](n2ccc(N)nc2=O)CC1OP(=O)(O)O. The molecule has 3 atom stereocenters. The van der Waals surface area contributed by atoms with Gasteiger partial charge < -0.3 is 26.0 Å². The van der Waals surface area contributed by atoms with Crippen molar-refractivity contribution in [3.8, 4) is 0 Å². The van der Waals surface area contributed by atoms with Gasteiger partial charge in [-0.05, 0) is 6.07 Å². The molecular weight excluding hydrogens is 291 g/mol. The van der Waals surface area contributed by atoms with Gasteiger partial charge in [-0.3, -0.25) is 9.09 Å². The zero-order chi connectivity index (χ0) is 14.9. The maximum Gasteiger partial charge on any atom is 0.469 e. The van der Waals surface area contributed by atoms with E-state index in [0.717, 1.165) is 0 Å². The zero-order valence-corrected chi connectivity index (χ0v) is 11.2. The minimum atomic E-state index is -4.66. The van der Waals surface area contributed by atoms with Crippen LogP contribution in [0.15, 0.2) is 17.1 Å². The maximum atomic E-state index is 11.7. The lowest BCUT2D eigenvalue weighted by molar-refractivity contribution is -0.0150. The summed E-state index contributed by atoms with van der Waals surface area (Å²) in [6, 6.07) is 1.42. The van der Waals surface area contributed by atoms with Crippen LogP contribution < -0.4 is 17.2 Å². The van der Waals surface area contributed by atoms with Crippen LogP contribution in [0.4, 0.5) is 5.82 Å². The Morgan fingerprint density at radius 3 is 2.85 bits per heavy atom. The Morgan fingerprint density at radius 1 is 1.60 bits per heavy atom.